The molecule has 0 aliphatic carbocycles. The summed E-state index contributed by atoms with van der Waals surface area (Å²) in [6, 6.07) is 5.91. The largest absolute Gasteiger partial charge is 0.351 e. The molecule has 5 nitrogen and oxygen atoms in total. The second-order valence-electron chi connectivity index (χ2n) is 4.34. The number of aromatic nitrogens is 2. The number of carbonyl (C=O) groups is 1. The van der Waals surface area contributed by atoms with E-state index in [1.54, 1.807) is 16.7 Å². The highest BCUT2D eigenvalue weighted by Gasteiger charge is 2.12. The zero-order valence-electron chi connectivity index (χ0n) is 12.1. The van der Waals surface area contributed by atoms with E-state index < -0.39 is 0 Å². The Bertz CT molecular complexity index is 574. The molecule has 2 rings (SSSR count). The Kier molecular flexibility index (Phi) is 9.40. The first-order valence-electron chi connectivity index (χ1n) is 6.43. The summed E-state index contributed by atoms with van der Waals surface area (Å²) in [5.41, 5.74) is 1.13. The molecule has 0 atom stereocenters. The normalized spacial score (nSPS) is 9.55. The van der Waals surface area contributed by atoms with Crippen molar-refractivity contribution in [3.8, 4) is 5.69 Å². The predicted octanol–water partition coefficient (Wildman–Crippen LogP) is 2.19. The van der Waals surface area contributed by atoms with Crippen molar-refractivity contribution in [2.75, 3.05) is 20.1 Å². The lowest BCUT2D eigenvalue weighted by Gasteiger charge is -2.08. The van der Waals surface area contributed by atoms with Gasteiger partial charge in [-0.3, -0.25) is 9.36 Å². The first-order chi connectivity index (χ1) is 9.72. The van der Waals surface area contributed by atoms with Crippen LogP contribution in [0.15, 0.2) is 36.8 Å². The highest BCUT2D eigenvalue weighted by Crippen LogP contribution is 2.12. The minimum Gasteiger partial charge on any atom is -0.351 e. The van der Waals surface area contributed by atoms with Gasteiger partial charge in [0.15, 0.2) is 0 Å². The van der Waals surface area contributed by atoms with Crippen molar-refractivity contribution in [1.29, 1.82) is 0 Å². The average Bonchev–Trinajstić information content (AvgIpc) is 2.93. The molecule has 2 aromatic rings. The molecular formula is C14H19Cl2FN4O. The molecule has 0 saturated heterocycles. The lowest BCUT2D eigenvalue weighted by molar-refractivity contribution is 0.0946. The number of halogens is 3. The number of nitrogens with one attached hydrogen (secondary N) is 2. The number of amides is 1. The van der Waals surface area contributed by atoms with E-state index in [2.05, 4.69) is 15.6 Å². The van der Waals surface area contributed by atoms with Crippen LogP contribution in [0.4, 0.5) is 4.39 Å². The number of carbonyl (C=O) groups excluding carboxylic acids is 1. The van der Waals surface area contributed by atoms with Crippen LogP contribution in [0.2, 0.25) is 0 Å². The van der Waals surface area contributed by atoms with Gasteiger partial charge in [0.1, 0.15) is 11.5 Å². The Labute approximate surface area is 141 Å². The van der Waals surface area contributed by atoms with E-state index >= 15 is 0 Å². The van der Waals surface area contributed by atoms with Crippen molar-refractivity contribution in [3.63, 3.8) is 0 Å². The predicted molar refractivity (Wildman–Crippen MR) is 88.9 cm³/mol. The SMILES string of the molecule is CNCCCNC(=O)c1cncn1-c1ccc(F)cc1.Cl.Cl. The number of benzene rings is 1. The summed E-state index contributed by atoms with van der Waals surface area (Å²) in [4.78, 5) is 16.0. The summed E-state index contributed by atoms with van der Waals surface area (Å²) < 4.78 is 14.5. The van der Waals surface area contributed by atoms with E-state index in [0.29, 0.717) is 17.9 Å². The highest BCUT2D eigenvalue weighted by molar-refractivity contribution is 5.92. The fourth-order valence-electron chi connectivity index (χ4n) is 1.83. The van der Waals surface area contributed by atoms with Crippen LogP contribution >= 0.6 is 24.8 Å². The second-order valence-corrected chi connectivity index (χ2v) is 4.34. The summed E-state index contributed by atoms with van der Waals surface area (Å²) in [7, 11) is 1.87. The van der Waals surface area contributed by atoms with Crippen LogP contribution in [-0.2, 0) is 0 Å². The molecule has 0 spiro atoms. The fourth-order valence-corrected chi connectivity index (χ4v) is 1.83. The van der Waals surface area contributed by atoms with E-state index in [0.717, 1.165) is 13.0 Å². The van der Waals surface area contributed by atoms with Gasteiger partial charge in [0.05, 0.1) is 12.5 Å². The summed E-state index contributed by atoms with van der Waals surface area (Å²) in [6.45, 7) is 1.44. The molecule has 0 saturated carbocycles. The lowest BCUT2D eigenvalue weighted by atomic mass is 10.3. The van der Waals surface area contributed by atoms with Crippen molar-refractivity contribution in [2.24, 2.45) is 0 Å². The molecule has 0 aliphatic rings. The topological polar surface area (TPSA) is 58.9 Å². The van der Waals surface area contributed by atoms with Crippen LogP contribution in [0.25, 0.3) is 5.69 Å². The van der Waals surface area contributed by atoms with Crippen LogP contribution in [0, 0.1) is 5.82 Å². The van der Waals surface area contributed by atoms with E-state index in [1.165, 1.54) is 24.7 Å². The molecule has 0 unspecified atom stereocenters. The maximum absolute atomic E-state index is 12.9. The number of nitrogens with zero attached hydrogens (tertiary/aromatic N) is 2. The summed E-state index contributed by atoms with van der Waals surface area (Å²) in [5, 5.41) is 5.84. The quantitative estimate of drug-likeness (QED) is 0.786. The number of imidazole rings is 1. The van der Waals surface area contributed by atoms with E-state index in [4.69, 9.17) is 0 Å². The number of hydrogen-bond donors (Lipinski definition) is 2. The van der Waals surface area contributed by atoms with E-state index in [1.807, 2.05) is 7.05 Å². The van der Waals surface area contributed by atoms with Crippen molar-refractivity contribution >= 4 is 30.7 Å². The molecule has 0 radical (unpaired) electrons. The summed E-state index contributed by atoms with van der Waals surface area (Å²) >= 11 is 0. The third-order valence-electron chi connectivity index (χ3n) is 2.87. The molecule has 0 aliphatic heterocycles. The molecule has 0 fully saturated rings. The van der Waals surface area contributed by atoms with Crippen LogP contribution in [0.5, 0.6) is 0 Å². The third kappa shape index (κ3) is 5.29. The second kappa shape index (κ2) is 10.2. The zero-order chi connectivity index (χ0) is 14.4. The Morgan fingerprint density at radius 3 is 2.55 bits per heavy atom. The van der Waals surface area contributed by atoms with Crippen molar-refractivity contribution in [2.45, 2.75) is 6.42 Å². The first kappa shape index (κ1) is 20.4. The van der Waals surface area contributed by atoms with E-state index in [-0.39, 0.29) is 36.5 Å². The number of rotatable bonds is 6. The molecule has 1 aromatic carbocycles. The third-order valence-corrected chi connectivity index (χ3v) is 2.87. The minimum atomic E-state index is -0.313. The molecule has 2 N–H and O–H groups in total. The van der Waals surface area contributed by atoms with Crippen LogP contribution < -0.4 is 10.6 Å². The maximum Gasteiger partial charge on any atom is 0.269 e. The van der Waals surface area contributed by atoms with Gasteiger partial charge >= 0.3 is 0 Å². The molecular weight excluding hydrogens is 330 g/mol. The standard InChI is InChI=1S/C14H17FN4O.2ClH/c1-16-7-2-8-18-14(20)13-9-17-10-19(13)12-5-3-11(15)4-6-12;;/h3-6,9-10,16H,2,7-8H2,1H3,(H,18,20);2*1H. The van der Waals surface area contributed by atoms with Gasteiger partial charge in [0.2, 0.25) is 0 Å². The fraction of sp³-hybridized carbons (Fsp3) is 0.286. The zero-order valence-corrected chi connectivity index (χ0v) is 13.7. The molecule has 1 heterocycles. The van der Waals surface area contributed by atoms with Gasteiger partial charge in [-0.05, 0) is 44.3 Å². The Morgan fingerprint density at radius 1 is 1.23 bits per heavy atom. The van der Waals surface area contributed by atoms with Crippen molar-refractivity contribution in [1.82, 2.24) is 20.2 Å². The smallest absolute Gasteiger partial charge is 0.269 e. The molecule has 122 valence electrons. The van der Waals surface area contributed by atoms with Gasteiger partial charge in [-0.2, -0.15) is 0 Å². The minimum absolute atomic E-state index is 0. The van der Waals surface area contributed by atoms with Gasteiger partial charge in [-0.25, -0.2) is 9.37 Å². The average molecular weight is 349 g/mol. The molecule has 1 aromatic heterocycles. The summed E-state index contributed by atoms with van der Waals surface area (Å²) in [5.74, 6) is -0.505. The Balaban J connectivity index is 0.00000220. The van der Waals surface area contributed by atoms with E-state index in [9.17, 15) is 9.18 Å². The number of hydrogen-bond acceptors (Lipinski definition) is 3. The van der Waals surface area contributed by atoms with Crippen molar-refractivity contribution < 1.29 is 9.18 Å². The summed E-state index contributed by atoms with van der Waals surface area (Å²) in [6.07, 6.45) is 3.89. The maximum atomic E-state index is 12.9. The monoisotopic (exact) mass is 348 g/mol. The van der Waals surface area contributed by atoms with Gasteiger partial charge < -0.3 is 10.6 Å². The highest BCUT2D eigenvalue weighted by atomic mass is 35.5. The van der Waals surface area contributed by atoms with Gasteiger partial charge in [0.25, 0.3) is 5.91 Å². The first-order valence-corrected chi connectivity index (χ1v) is 6.43. The van der Waals surface area contributed by atoms with Gasteiger partial charge in [-0.15, -0.1) is 24.8 Å². The van der Waals surface area contributed by atoms with Gasteiger partial charge in [-0.1, -0.05) is 0 Å². The molecule has 8 heteroatoms. The van der Waals surface area contributed by atoms with Gasteiger partial charge in [0, 0.05) is 12.2 Å². The Morgan fingerprint density at radius 2 is 1.91 bits per heavy atom. The molecule has 1 amide bonds. The Hall–Kier alpha value is -1.63. The van der Waals surface area contributed by atoms with Crippen LogP contribution in [-0.4, -0.2) is 35.6 Å². The molecule has 0 bridgehead atoms. The van der Waals surface area contributed by atoms with Crippen molar-refractivity contribution in [3.05, 3.63) is 48.3 Å². The van der Waals surface area contributed by atoms with Crippen LogP contribution in [0.3, 0.4) is 0 Å². The van der Waals surface area contributed by atoms with Crippen LogP contribution in [0.1, 0.15) is 16.9 Å². The molecule has 22 heavy (non-hydrogen) atoms. The lowest BCUT2D eigenvalue weighted by Crippen LogP contribution is -2.28.